The van der Waals surface area contributed by atoms with Crippen LogP contribution in [0.25, 0.3) is 0 Å². The van der Waals surface area contributed by atoms with Gasteiger partial charge in [-0.15, -0.1) is 0 Å². The maximum absolute atomic E-state index is 12.6. The lowest BCUT2D eigenvalue weighted by Crippen LogP contribution is -2.40. The van der Waals surface area contributed by atoms with Crippen molar-refractivity contribution >= 4 is 17.5 Å². The summed E-state index contributed by atoms with van der Waals surface area (Å²) in [5, 5.41) is 3.54. The highest BCUT2D eigenvalue weighted by atomic mass is 35.5. The largest absolute Gasteiger partial charge is 0.495 e. The fourth-order valence-electron chi connectivity index (χ4n) is 3.58. The highest BCUT2D eigenvalue weighted by molar-refractivity contribution is 6.32. The van der Waals surface area contributed by atoms with E-state index in [2.05, 4.69) is 41.4 Å². The molecule has 1 N–H and O–H groups in total. The molecule has 1 aliphatic heterocycles. The number of nitrogens with zero attached hydrogens (tertiary/aromatic N) is 1. The molecule has 0 aromatic heterocycles. The summed E-state index contributed by atoms with van der Waals surface area (Å²) in [5.74, 6) is 0.452. The number of amides is 1. The number of benzene rings is 2. The van der Waals surface area contributed by atoms with Crippen LogP contribution in [0.3, 0.4) is 0 Å². The molecule has 2 aromatic carbocycles. The molecule has 1 heterocycles. The molecule has 144 valence electrons. The van der Waals surface area contributed by atoms with Crippen LogP contribution in [0.1, 0.15) is 46.8 Å². The molecular formula is C22H27ClN2O2. The van der Waals surface area contributed by atoms with Crippen molar-refractivity contribution in [1.82, 2.24) is 10.2 Å². The Morgan fingerprint density at radius 3 is 2.48 bits per heavy atom. The van der Waals surface area contributed by atoms with Crippen LogP contribution in [-0.4, -0.2) is 37.6 Å². The zero-order valence-electron chi connectivity index (χ0n) is 16.0. The highest BCUT2D eigenvalue weighted by Gasteiger charge is 2.23. The third-order valence-electron chi connectivity index (χ3n) is 5.16. The number of nitrogens with one attached hydrogen (secondary N) is 1. The van der Waals surface area contributed by atoms with Crippen LogP contribution in [-0.2, 0) is 0 Å². The summed E-state index contributed by atoms with van der Waals surface area (Å²) in [6.45, 7) is 4.81. The minimum atomic E-state index is -0.117. The molecule has 0 saturated carbocycles. The number of carbonyl (C=O) groups excluding carboxylic acids is 1. The monoisotopic (exact) mass is 386 g/mol. The topological polar surface area (TPSA) is 41.6 Å². The van der Waals surface area contributed by atoms with E-state index < -0.39 is 0 Å². The van der Waals surface area contributed by atoms with E-state index in [0.717, 1.165) is 13.1 Å². The van der Waals surface area contributed by atoms with Gasteiger partial charge in [-0.3, -0.25) is 9.69 Å². The molecule has 5 heteroatoms. The summed E-state index contributed by atoms with van der Waals surface area (Å²) in [7, 11) is 1.56. The number of ether oxygens (including phenoxy) is 1. The van der Waals surface area contributed by atoms with Gasteiger partial charge in [0, 0.05) is 12.1 Å². The first-order valence-corrected chi connectivity index (χ1v) is 9.88. The number of halogens is 1. The molecule has 3 rings (SSSR count). The smallest absolute Gasteiger partial charge is 0.251 e. The van der Waals surface area contributed by atoms with Crippen molar-refractivity contribution in [2.24, 2.45) is 0 Å². The van der Waals surface area contributed by atoms with Gasteiger partial charge in [-0.2, -0.15) is 0 Å². The van der Waals surface area contributed by atoms with E-state index in [0.29, 0.717) is 22.9 Å². The molecule has 1 saturated heterocycles. The molecule has 4 nitrogen and oxygen atoms in total. The van der Waals surface area contributed by atoms with E-state index >= 15 is 0 Å². The zero-order valence-corrected chi connectivity index (χ0v) is 16.8. The van der Waals surface area contributed by atoms with Gasteiger partial charge in [0.2, 0.25) is 0 Å². The molecule has 1 fully saturated rings. The Morgan fingerprint density at radius 2 is 1.85 bits per heavy atom. The molecule has 1 atom stereocenters. The van der Waals surface area contributed by atoms with E-state index in [-0.39, 0.29) is 11.9 Å². The lowest BCUT2D eigenvalue weighted by Gasteiger charge is -2.35. The van der Waals surface area contributed by atoms with E-state index in [4.69, 9.17) is 16.3 Å². The van der Waals surface area contributed by atoms with Crippen molar-refractivity contribution in [2.75, 3.05) is 26.7 Å². The van der Waals surface area contributed by atoms with E-state index in [1.807, 2.05) is 0 Å². The van der Waals surface area contributed by atoms with Gasteiger partial charge in [-0.25, -0.2) is 0 Å². The third kappa shape index (κ3) is 5.02. The summed E-state index contributed by atoms with van der Waals surface area (Å²) < 4.78 is 5.15. The van der Waals surface area contributed by atoms with Crippen molar-refractivity contribution in [3.8, 4) is 5.75 Å². The Hall–Kier alpha value is -2.04. The second kappa shape index (κ2) is 9.25. The van der Waals surface area contributed by atoms with Gasteiger partial charge < -0.3 is 10.1 Å². The molecule has 0 spiro atoms. The van der Waals surface area contributed by atoms with Crippen molar-refractivity contribution in [1.29, 1.82) is 0 Å². The number of carbonyl (C=O) groups is 1. The first-order valence-electron chi connectivity index (χ1n) is 9.51. The number of methoxy groups -OCH3 is 1. The van der Waals surface area contributed by atoms with Crippen LogP contribution in [0, 0.1) is 6.92 Å². The summed E-state index contributed by atoms with van der Waals surface area (Å²) >= 11 is 6.16. The summed E-state index contributed by atoms with van der Waals surface area (Å²) in [6, 6.07) is 13.9. The first kappa shape index (κ1) is 19.7. The predicted octanol–water partition coefficient (Wildman–Crippen LogP) is 4.61. The molecule has 0 radical (unpaired) electrons. The number of rotatable bonds is 6. The average Bonchev–Trinajstić information content (AvgIpc) is 2.70. The molecule has 0 bridgehead atoms. The Kier molecular flexibility index (Phi) is 6.75. The summed E-state index contributed by atoms with van der Waals surface area (Å²) in [4.78, 5) is 15.1. The highest BCUT2D eigenvalue weighted by Crippen LogP contribution is 2.26. The molecule has 0 unspecified atom stereocenters. The zero-order chi connectivity index (χ0) is 19.2. The Morgan fingerprint density at radius 1 is 1.15 bits per heavy atom. The van der Waals surface area contributed by atoms with Crippen LogP contribution in [0.5, 0.6) is 5.75 Å². The summed E-state index contributed by atoms with van der Waals surface area (Å²) in [6.07, 6.45) is 3.71. The lowest BCUT2D eigenvalue weighted by atomic mass is 10.0. The summed E-state index contributed by atoms with van der Waals surface area (Å²) in [5.41, 5.74) is 3.03. The molecule has 2 aromatic rings. The Bertz CT molecular complexity index is 770. The molecule has 27 heavy (non-hydrogen) atoms. The van der Waals surface area contributed by atoms with Crippen molar-refractivity contribution in [3.63, 3.8) is 0 Å². The second-order valence-corrected chi connectivity index (χ2v) is 7.49. The average molecular weight is 387 g/mol. The van der Waals surface area contributed by atoms with Crippen LogP contribution in [0.4, 0.5) is 0 Å². The van der Waals surface area contributed by atoms with Gasteiger partial charge in [0.25, 0.3) is 5.91 Å². The first-order chi connectivity index (χ1) is 13.1. The quantitative estimate of drug-likeness (QED) is 0.787. The molecule has 1 aliphatic rings. The predicted molar refractivity (Wildman–Crippen MR) is 110 cm³/mol. The van der Waals surface area contributed by atoms with E-state index in [9.17, 15) is 4.79 Å². The fourth-order valence-corrected chi connectivity index (χ4v) is 3.83. The molecule has 1 amide bonds. The Balaban J connectivity index is 1.72. The van der Waals surface area contributed by atoms with Gasteiger partial charge in [0.05, 0.1) is 18.2 Å². The number of hydrogen-bond donors (Lipinski definition) is 1. The second-order valence-electron chi connectivity index (χ2n) is 7.08. The number of hydrogen-bond acceptors (Lipinski definition) is 3. The minimum absolute atomic E-state index is 0.117. The van der Waals surface area contributed by atoms with Gasteiger partial charge in [0.1, 0.15) is 5.75 Å². The molecular weight excluding hydrogens is 360 g/mol. The maximum atomic E-state index is 12.6. The van der Waals surface area contributed by atoms with Crippen LogP contribution >= 0.6 is 11.6 Å². The molecule has 0 aliphatic carbocycles. The van der Waals surface area contributed by atoms with Gasteiger partial charge >= 0.3 is 0 Å². The van der Waals surface area contributed by atoms with E-state index in [1.165, 1.54) is 30.4 Å². The fraction of sp³-hybridized carbons (Fsp3) is 0.409. The Labute approximate surface area is 166 Å². The van der Waals surface area contributed by atoms with Crippen LogP contribution in [0.15, 0.2) is 42.5 Å². The lowest BCUT2D eigenvalue weighted by molar-refractivity contribution is 0.0924. The van der Waals surface area contributed by atoms with Crippen molar-refractivity contribution < 1.29 is 9.53 Å². The van der Waals surface area contributed by atoms with Gasteiger partial charge in [-0.1, -0.05) is 47.9 Å². The van der Waals surface area contributed by atoms with Crippen LogP contribution < -0.4 is 10.1 Å². The van der Waals surface area contributed by atoms with Crippen LogP contribution in [0.2, 0.25) is 5.02 Å². The third-order valence-corrected chi connectivity index (χ3v) is 5.46. The maximum Gasteiger partial charge on any atom is 0.251 e. The normalized spacial score (nSPS) is 16.0. The van der Waals surface area contributed by atoms with Gasteiger partial charge in [0.15, 0.2) is 0 Å². The number of aryl methyl sites for hydroxylation is 1. The number of piperidine rings is 1. The van der Waals surface area contributed by atoms with E-state index in [1.54, 1.807) is 25.3 Å². The standard InChI is InChI=1S/C22H27ClN2O2/c1-16-6-8-17(9-7-16)20(25-12-4-3-5-13-25)15-24-22(26)18-10-11-21(27-2)19(23)14-18/h6-11,14,20H,3-5,12-13,15H2,1-2H3,(H,24,26)/t20-/m1/s1. The number of likely N-dealkylation sites (tertiary alicyclic amines) is 1. The SMILES string of the molecule is COc1ccc(C(=O)NC[C@H](c2ccc(C)cc2)N2CCCCC2)cc1Cl. The van der Waals surface area contributed by atoms with Crippen molar-refractivity contribution in [3.05, 3.63) is 64.2 Å². The van der Waals surface area contributed by atoms with Gasteiger partial charge in [-0.05, 0) is 56.6 Å². The minimum Gasteiger partial charge on any atom is -0.495 e. The van der Waals surface area contributed by atoms with Crippen molar-refractivity contribution in [2.45, 2.75) is 32.2 Å².